The number of nitrogens with zero attached hydrogens (tertiary/aromatic N) is 3. The van der Waals surface area contributed by atoms with Gasteiger partial charge in [-0.05, 0) is 29.8 Å². The molecule has 0 aliphatic rings. The fraction of sp³-hybridized carbons (Fsp3) is 0.167. The first-order valence-corrected chi connectivity index (χ1v) is 7.57. The zero-order chi connectivity index (χ0) is 17.1. The molecule has 0 atom stereocenters. The Kier molecular flexibility index (Phi) is 4.29. The minimum absolute atomic E-state index is 0.0311. The van der Waals surface area contributed by atoms with Crippen LogP contribution in [0.25, 0.3) is 5.65 Å². The molecule has 2 aromatic heterocycles. The molecule has 2 heterocycles. The predicted octanol–water partition coefficient (Wildman–Crippen LogP) is 1.69. The van der Waals surface area contributed by atoms with Gasteiger partial charge in [-0.3, -0.25) is 14.0 Å². The molecule has 6 nitrogen and oxygen atoms in total. The maximum absolute atomic E-state index is 12.4. The molecule has 1 aromatic carbocycles. The summed E-state index contributed by atoms with van der Waals surface area (Å²) in [6.07, 6.45) is 2.92. The number of rotatable bonds is 4. The number of pyridine rings is 1. The Balaban J connectivity index is 1.75. The summed E-state index contributed by atoms with van der Waals surface area (Å²) < 4.78 is 1.36. The topological polar surface area (TPSA) is 66.7 Å². The van der Waals surface area contributed by atoms with Crippen LogP contribution in [0.2, 0.25) is 0 Å². The fourth-order valence-electron chi connectivity index (χ4n) is 2.37. The molecule has 3 rings (SSSR count). The van der Waals surface area contributed by atoms with E-state index in [0.717, 1.165) is 11.3 Å². The van der Waals surface area contributed by atoms with Crippen LogP contribution in [0.4, 0.5) is 5.69 Å². The number of hydrogen-bond donors (Lipinski definition) is 1. The molecular weight excluding hydrogens is 304 g/mol. The van der Waals surface area contributed by atoms with Gasteiger partial charge in [0.15, 0.2) is 0 Å². The normalized spacial score (nSPS) is 10.6. The summed E-state index contributed by atoms with van der Waals surface area (Å²) in [6, 6.07) is 13.1. The molecule has 0 aliphatic heterocycles. The second-order valence-electron chi connectivity index (χ2n) is 5.65. The number of carbonyl (C=O) groups is 1. The molecule has 24 heavy (non-hydrogen) atoms. The van der Waals surface area contributed by atoms with Crippen molar-refractivity contribution in [1.82, 2.24) is 14.7 Å². The molecule has 0 aliphatic carbocycles. The minimum atomic E-state index is -0.428. The van der Waals surface area contributed by atoms with Crippen LogP contribution >= 0.6 is 0 Å². The summed E-state index contributed by atoms with van der Waals surface area (Å²) in [6.45, 7) is 0.351. The van der Waals surface area contributed by atoms with Crippen LogP contribution in [0.5, 0.6) is 0 Å². The van der Waals surface area contributed by atoms with Crippen molar-refractivity contribution in [3.63, 3.8) is 0 Å². The maximum Gasteiger partial charge on any atom is 0.270 e. The minimum Gasteiger partial charge on any atom is -0.378 e. The van der Waals surface area contributed by atoms with Gasteiger partial charge in [0.1, 0.15) is 11.2 Å². The van der Waals surface area contributed by atoms with Gasteiger partial charge in [-0.15, -0.1) is 0 Å². The van der Waals surface area contributed by atoms with Crippen LogP contribution < -0.4 is 15.8 Å². The zero-order valence-electron chi connectivity index (χ0n) is 13.6. The Labute approximate surface area is 139 Å². The second-order valence-corrected chi connectivity index (χ2v) is 5.65. The second kappa shape index (κ2) is 6.54. The summed E-state index contributed by atoms with van der Waals surface area (Å²) in [5, 5.41) is 2.76. The van der Waals surface area contributed by atoms with Crippen molar-refractivity contribution in [2.45, 2.75) is 6.54 Å². The predicted molar refractivity (Wildman–Crippen MR) is 93.4 cm³/mol. The highest BCUT2D eigenvalue weighted by atomic mass is 16.2. The molecule has 1 N–H and O–H groups in total. The third-order valence-corrected chi connectivity index (χ3v) is 3.76. The van der Waals surface area contributed by atoms with E-state index >= 15 is 0 Å². The average Bonchev–Trinajstić information content (AvgIpc) is 2.60. The first kappa shape index (κ1) is 15.7. The Morgan fingerprint density at radius 3 is 2.62 bits per heavy atom. The highest BCUT2D eigenvalue weighted by molar-refractivity contribution is 5.93. The summed E-state index contributed by atoms with van der Waals surface area (Å²) in [5.41, 5.74) is 2.22. The third kappa shape index (κ3) is 3.12. The van der Waals surface area contributed by atoms with E-state index in [1.807, 2.05) is 43.3 Å². The Morgan fingerprint density at radius 1 is 1.17 bits per heavy atom. The van der Waals surface area contributed by atoms with Crippen molar-refractivity contribution in [2.75, 3.05) is 19.0 Å². The molecule has 0 saturated carbocycles. The van der Waals surface area contributed by atoms with Crippen molar-refractivity contribution >= 4 is 17.2 Å². The maximum atomic E-state index is 12.4. The SMILES string of the molecule is CN(C)c1ccc(CNC(=O)c2cnc3ccccn3c2=O)cc1. The van der Waals surface area contributed by atoms with Crippen LogP contribution in [-0.4, -0.2) is 29.4 Å². The van der Waals surface area contributed by atoms with E-state index in [0.29, 0.717) is 12.2 Å². The highest BCUT2D eigenvalue weighted by Crippen LogP contribution is 2.12. The zero-order valence-corrected chi connectivity index (χ0v) is 13.6. The van der Waals surface area contributed by atoms with Crippen LogP contribution in [0.15, 0.2) is 59.7 Å². The van der Waals surface area contributed by atoms with Crippen LogP contribution in [-0.2, 0) is 6.54 Å². The van der Waals surface area contributed by atoms with Gasteiger partial charge in [0.2, 0.25) is 0 Å². The van der Waals surface area contributed by atoms with Gasteiger partial charge in [-0.2, -0.15) is 0 Å². The number of nitrogens with one attached hydrogen (secondary N) is 1. The number of amides is 1. The van der Waals surface area contributed by atoms with Crippen LogP contribution in [0.1, 0.15) is 15.9 Å². The molecule has 3 aromatic rings. The summed E-state index contributed by atoms with van der Waals surface area (Å²) >= 11 is 0. The number of fused-ring (bicyclic) bond motifs is 1. The molecule has 0 spiro atoms. The quantitative estimate of drug-likeness (QED) is 0.794. The molecular formula is C18H18N4O2. The van der Waals surface area contributed by atoms with Gasteiger partial charge in [-0.1, -0.05) is 18.2 Å². The fourth-order valence-corrected chi connectivity index (χ4v) is 2.37. The van der Waals surface area contributed by atoms with E-state index in [1.54, 1.807) is 24.4 Å². The monoisotopic (exact) mass is 322 g/mol. The molecule has 0 bridgehead atoms. The van der Waals surface area contributed by atoms with Gasteiger partial charge in [0.05, 0.1) is 0 Å². The largest absolute Gasteiger partial charge is 0.378 e. The Hall–Kier alpha value is -3.15. The van der Waals surface area contributed by atoms with Crippen molar-refractivity contribution in [3.8, 4) is 0 Å². The molecule has 0 radical (unpaired) electrons. The third-order valence-electron chi connectivity index (χ3n) is 3.76. The van der Waals surface area contributed by atoms with E-state index in [4.69, 9.17) is 0 Å². The van der Waals surface area contributed by atoms with Gasteiger partial charge in [0, 0.05) is 38.7 Å². The molecule has 1 amide bonds. The first-order valence-electron chi connectivity index (χ1n) is 7.57. The highest BCUT2D eigenvalue weighted by Gasteiger charge is 2.12. The van der Waals surface area contributed by atoms with Crippen molar-refractivity contribution in [1.29, 1.82) is 0 Å². The van der Waals surface area contributed by atoms with Crippen LogP contribution in [0, 0.1) is 0 Å². The van der Waals surface area contributed by atoms with E-state index in [1.165, 1.54) is 10.6 Å². The van der Waals surface area contributed by atoms with Crippen molar-refractivity contribution < 1.29 is 4.79 Å². The lowest BCUT2D eigenvalue weighted by molar-refractivity contribution is 0.0949. The number of benzene rings is 1. The standard InChI is InChI=1S/C18H18N4O2/c1-21(2)14-8-6-13(7-9-14)11-20-17(23)15-12-19-16-5-3-4-10-22(16)18(15)24/h3-10,12H,11H2,1-2H3,(H,20,23). The van der Waals surface area contributed by atoms with Gasteiger partial charge < -0.3 is 10.2 Å². The lowest BCUT2D eigenvalue weighted by Gasteiger charge is -2.13. The van der Waals surface area contributed by atoms with E-state index < -0.39 is 5.91 Å². The molecule has 0 unspecified atom stereocenters. The van der Waals surface area contributed by atoms with Crippen LogP contribution in [0.3, 0.4) is 0 Å². The van der Waals surface area contributed by atoms with Gasteiger partial charge >= 0.3 is 0 Å². The first-order chi connectivity index (χ1) is 11.6. The lowest BCUT2D eigenvalue weighted by atomic mass is 10.2. The van der Waals surface area contributed by atoms with E-state index in [2.05, 4.69) is 10.3 Å². The number of anilines is 1. The molecule has 122 valence electrons. The summed E-state index contributed by atoms with van der Waals surface area (Å²) in [4.78, 5) is 30.8. The van der Waals surface area contributed by atoms with Crippen molar-refractivity contribution in [2.24, 2.45) is 0 Å². The van der Waals surface area contributed by atoms with E-state index in [9.17, 15) is 9.59 Å². The van der Waals surface area contributed by atoms with Gasteiger partial charge in [0.25, 0.3) is 11.5 Å². The Morgan fingerprint density at radius 2 is 1.92 bits per heavy atom. The number of aromatic nitrogens is 2. The van der Waals surface area contributed by atoms with Crippen molar-refractivity contribution in [3.05, 3.63) is 76.3 Å². The lowest BCUT2D eigenvalue weighted by Crippen LogP contribution is -2.31. The number of carbonyl (C=O) groups excluding carboxylic acids is 1. The van der Waals surface area contributed by atoms with E-state index in [-0.39, 0.29) is 11.1 Å². The Bertz CT molecular complexity index is 930. The summed E-state index contributed by atoms with van der Waals surface area (Å²) in [7, 11) is 3.94. The molecule has 0 fully saturated rings. The molecule has 6 heteroatoms. The average molecular weight is 322 g/mol. The number of hydrogen-bond acceptors (Lipinski definition) is 4. The molecule has 0 saturated heterocycles. The summed E-state index contributed by atoms with van der Waals surface area (Å²) in [5.74, 6) is -0.428. The smallest absolute Gasteiger partial charge is 0.270 e. The van der Waals surface area contributed by atoms with Gasteiger partial charge in [-0.25, -0.2) is 4.98 Å².